The van der Waals surface area contributed by atoms with Crippen LogP contribution in [0.3, 0.4) is 0 Å². The van der Waals surface area contributed by atoms with Crippen molar-refractivity contribution in [2.45, 2.75) is 43.7 Å². The Morgan fingerprint density at radius 3 is 2.39 bits per heavy atom. The number of ether oxygens (including phenoxy) is 1. The molecule has 1 aromatic heterocycles. The quantitative estimate of drug-likeness (QED) is 0.0847. The molecule has 1 aromatic carbocycles. The van der Waals surface area contributed by atoms with Gasteiger partial charge in [0, 0.05) is 51.7 Å². The zero-order valence-electron chi connectivity index (χ0n) is 25.1. The standard InChI is InChI=1S/C26H37BN6O11P2/c1-2-22(31-23(34)20(17-19-7-4-3-5-8-19)30-24(35)21-18-28-9-10-29-21)27-43-15-12-33(13-16-44-27)11-6-14-42-25(36)32-26(45(37)38)46(39,40)41/h3-5,7-10,18,20,22,26H,2,6,11-17H2,1H3,(H5-,30,31,32,34,35,36,37,38,39,40,41)/p+1/t20-,22+,26?/m1/s1. The van der Waals surface area contributed by atoms with E-state index in [4.69, 9.17) is 28.7 Å². The summed E-state index contributed by atoms with van der Waals surface area (Å²) in [6.07, 6.45) is 4.03. The summed E-state index contributed by atoms with van der Waals surface area (Å²) in [6, 6.07) is 8.37. The van der Waals surface area contributed by atoms with Crippen LogP contribution in [0.15, 0.2) is 48.9 Å². The molecule has 3 amide bonds. The lowest BCUT2D eigenvalue weighted by molar-refractivity contribution is -0.123. The molecule has 1 aliphatic heterocycles. The molecule has 20 heteroatoms. The van der Waals surface area contributed by atoms with Crippen LogP contribution in [0.25, 0.3) is 0 Å². The highest BCUT2D eigenvalue weighted by Crippen LogP contribution is 2.49. The van der Waals surface area contributed by atoms with E-state index >= 15 is 0 Å². The van der Waals surface area contributed by atoms with Crippen LogP contribution in [0.1, 0.15) is 35.8 Å². The Morgan fingerprint density at radius 2 is 1.80 bits per heavy atom. The van der Waals surface area contributed by atoms with Gasteiger partial charge in [-0.2, -0.15) is 4.89 Å². The minimum absolute atomic E-state index is 0.0831. The normalized spacial score (nSPS) is 16.6. The number of carbonyl (C=O) groups excluding carboxylic acids is 3. The van der Waals surface area contributed by atoms with Crippen molar-refractivity contribution < 1.29 is 52.2 Å². The van der Waals surface area contributed by atoms with Gasteiger partial charge in [0.05, 0.1) is 18.7 Å². The Hall–Kier alpha value is -3.34. The van der Waals surface area contributed by atoms with Crippen LogP contribution in [0.4, 0.5) is 4.79 Å². The molecule has 1 saturated heterocycles. The van der Waals surface area contributed by atoms with Crippen LogP contribution in [0, 0.1) is 0 Å². The Kier molecular flexibility index (Phi) is 15.1. The second-order valence-corrected chi connectivity index (χ2v) is 13.4. The number of benzene rings is 1. The van der Waals surface area contributed by atoms with E-state index < -0.39 is 58.2 Å². The summed E-state index contributed by atoms with van der Waals surface area (Å²) >= 11 is 0. The summed E-state index contributed by atoms with van der Waals surface area (Å²) in [7, 11) is -9.15. The summed E-state index contributed by atoms with van der Waals surface area (Å²) in [5.74, 6) is -1.45. The van der Waals surface area contributed by atoms with Crippen molar-refractivity contribution in [2.75, 3.05) is 39.5 Å². The largest absolute Gasteiger partial charge is 0.544 e. The first-order chi connectivity index (χ1) is 22.0. The Balaban J connectivity index is 1.48. The maximum absolute atomic E-state index is 13.5. The van der Waals surface area contributed by atoms with Crippen molar-refractivity contribution >= 4 is 40.6 Å². The van der Waals surface area contributed by atoms with Gasteiger partial charge in [0.1, 0.15) is 11.7 Å². The molecule has 1 aliphatic rings. The summed E-state index contributed by atoms with van der Waals surface area (Å²) in [5, 5.41) is 7.44. The molecule has 2 heterocycles. The van der Waals surface area contributed by atoms with Crippen LogP contribution in [-0.2, 0) is 34.4 Å². The van der Waals surface area contributed by atoms with Gasteiger partial charge in [-0.1, -0.05) is 37.3 Å². The number of carbonyl (C=O) groups is 3. The molecule has 17 nitrogen and oxygen atoms in total. The number of hydrogen-bond acceptors (Lipinski definition) is 11. The van der Waals surface area contributed by atoms with E-state index in [0.717, 1.165) is 5.56 Å². The van der Waals surface area contributed by atoms with Crippen molar-refractivity contribution in [3.05, 3.63) is 60.2 Å². The van der Waals surface area contributed by atoms with Gasteiger partial charge in [0.25, 0.3) is 5.91 Å². The maximum atomic E-state index is 13.5. The minimum Gasteiger partial charge on any atom is -0.449 e. The SMILES string of the molecule is CC[C@H](NC(=O)[C@@H](Cc1ccccc1)NC(=O)c1cnccn1)B1OCCN(CCCOC(=O)NC([P+](=O)O)P(=O)(O)O)CCO1. The van der Waals surface area contributed by atoms with Crippen LogP contribution in [-0.4, -0.2) is 112 Å². The number of nitrogens with zero attached hydrogens (tertiary/aromatic N) is 3. The van der Waals surface area contributed by atoms with Gasteiger partial charge in [-0.3, -0.25) is 29.4 Å². The molecule has 6 N–H and O–H groups in total. The van der Waals surface area contributed by atoms with E-state index in [0.29, 0.717) is 32.5 Å². The van der Waals surface area contributed by atoms with Crippen LogP contribution in [0.2, 0.25) is 0 Å². The van der Waals surface area contributed by atoms with Crippen molar-refractivity contribution in [3.63, 3.8) is 0 Å². The van der Waals surface area contributed by atoms with Crippen molar-refractivity contribution in [3.8, 4) is 0 Å². The summed E-state index contributed by atoms with van der Waals surface area (Å²) in [4.78, 5) is 75.2. The molecule has 1 fully saturated rings. The molecule has 0 saturated carbocycles. The first kappa shape index (κ1) is 37.1. The maximum Gasteiger partial charge on any atom is 0.544 e. The molecule has 0 aliphatic carbocycles. The fourth-order valence-corrected chi connectivity index (χ4v) is 5.95. The molecule has 0 radical (unpaired) electrons. The zero-order valence-corrected chi connectivity index (χ0v) is 26.9. The molecule has 4 atom stereocenters. The average molecular weight is 683 g/mol. The summed E-state index contributed by atoms with van der Waals surface area (Å²) in [5.41, 5.74) is -1.31. The van der Waals surface area contributed by atoms with Crippen LogP contribution >= 0.6 is 15.6 Å². The highest BCUT2D eigenvalue weighted by molar-refractivity contribution is 7.65. The highest BCUT2D eigenvalue weighted by atomic mass is 31.2. The van der Waals surface area contributed by atoms with Crippen molar-refractivity contribution in [1.29, 1.82) is 0 Å². The number of alkyl carbamates (subject to hydrolysis) is 1. The minimum atomic E-state index is -5.04. The Bertz CT molecular complexity index is 1330. The predicted molar refractivity (Wildman–Crippen MR) is 165 cm³/mol. The van der Waals surface area contributed by atoms with Gasteiger partial charge in [-0.05, 0) is 23.0 Å². The molecule has 0 bridgehead atoms. The highest BCUT2D eigenvalue weighted by Gasteiger charge is 2.47. The van der Waals surface area contributed by atoms with E-state index in [1.54, 1.807) is 5.32 Å². The third kappa shape index (κ3) is 12.5. The Labute approximate surface area is 267 Å². The summed E-state index contributed by atoms with van der Waals surface area (Å²) < 4.78 is 39.1. The lowest BCUT2D eigenvalue weighted by Gasteiger charge is -2.31. The first-order valence-electron chi connectivity index (χ1n) is 14.5. The molecule has 250 valence electrons. The first-order valence-corrected chi connectivity index (χ1v) is 17.4. The third-order valence-electron chi connectivity index (χ3n) is 6.80. The fourth-order valence-electron chi connectivity index (χ4n) is 4.43. The average Bonchev–Trinajstić information content (AvgIpc) is 3.01. The van der Waals surface area contributed by atoms with Gasteiger partial charge in [-0.15, -0.1) is 0 Å². The number of nitrogens with one attached hydrogen (secondary N) is 3. The van der Waals surface area contributed by atoms with Gasteiger partial charge in [0.15, 0.2) is 0 Å². The van der Waals surface area contributed by atoms with Crippen molar-refractivity contribution in [1.82, 2.24) is 30.8 Å². The van der Waals surface area contributed by atoms with Crippen LogP contribution in [0.5, 0.6) is 0 Å². The molecule has 2 aromatic rings. The third-order valence-corrected chi connectivity index (χ3v) is 9.61. The topological polar surface area (TPSA) is 239 Å². The van der Waals surface area contributed by atoms with E-state index in [1.807, 2.05) is 42.2 Å². The van der Waals surface area contributed by atoms with Gasteiger partial charge < -0.3 is 34.5 Å². The molecule has 3 rings (SSSR count). The lowest BCUT2D eigenvalue weighted by atomic mass is 9.76. The van der Waals surface area contributed by atoms with Gasteiger partial charge in [0.2, 0.25) is 5.91 Å². The monoisotopic (exact) mass is 683 g/mol. The second kappa shape index (κ2) is 18.7. The van der Waals surface area contributed by atoms with E-state index in [1.165, 1.54) is 18.6 Å². The molecular formula is C26H38BN6O11P2+. The zero-order chi connectivity index (χ0) is 33.5. The molecule has 2 unspecified atom stereocenters. The van der Waals surface area contributed by atoms with Crippen LogP contribution < -0.4 is 16.0 Å². The van der Waals surface area contributed by atoms with E-state index in [9.17, 15) is 23.5 Å². The van der Waals surface area contributed by atoms with E-state index in [2.05, 4.69) is 20.6 Å². The number of hydrogen-bond donors (Lipinski definition) is 6. The van der Waals surface area contributed by atoms with Gasteiger partial charge in [-0.25, -0.2) is 9.78 Å². The number of amides is 3. The smallest absolute Gasteiger partial charge is 0.449 e. The lowest BCUT2D eigenvalue weighted by Crippen LogP contribution is -2.56. The molecule has 0 spiro atoms. The van der Waals surface area contributed by atoms with Crippen molar-refractivity contribution in [2.24, 2.45) is 0 Å². The van der Waals surface area contributed by atoms with E-state index in [-0.39, 0.29) is 31.9 Å². The van der Waals surface area contributed by atoms with Gasteiger partial charge >= 0.3 is 34.4 Å². The fraction of sp³-hybridized carbons (Fsp3) is 0.500. The molecule has 46 heavy (non-hydrogen) atoms. The predicted octanol–water partition coefficient (Wildman–Crippen LogP) is 0.401. The summed E-state index contributed by atoms with van der Waals surface area (Å²) in [6.45, 7) is 3.79. The second-order valence-electron chi connectivity index (χ2n) is 10.2. The number of rotatable bonds is 15. The number of aromatic nitrogens is 2. The molecular weight excluding hydrogens is 645 g/mol. The Morgan fingerprint density at radius 1 is 1.11 bits per heavy atom.